The number of hydrogen-bond acceptors (Lipinski definition) is 3. The van der Waals surface area contributed by atoms with Crippen molar-refractivity contribution in [2.45, 2.75) is 6.54 Å². The van der Waals surface area contributed by atoms with Gasteiger partial charge in [0, 0.05) is 18.6 Å². The van der Waals surface area contributed by atoms with Crippen LogP contribution in [0.4, 0.5) is 0 Å². The molecule has 0 atom stereocenters. The predicted molar refractivity (Wildman–Crippen MR) is 52.0 cm³/mol. The van der Waals surface area contributed by atoms with Gasteiger partial charge in [-0.3, -0.25) is 9.67 Å². The molecule has 0 fully saturated rings. The highest BCUT2D eigenvalue weighted by atomic mass is 16.5. The van der Waals surface area contributed by atoms with Gasteiger partial charge in [0.15, 0.2) is 0 Å². The molecule has 0 aliphatic heterocycles. The van der Waals surface area contributed by atoms with Gasteiger partial charge in [-0.25, -0.2) is 0 Å². The smallest absolute Gasteiger partial charge is 0.137 e. The average molecular weight is 189 g/mol. The number of hydrogen-bond donors (Lipinski definition) is 0. The molecule has 0 N–H and O–H groups in total. The molecule has 0 aromatic carbocycles. The molecule has 0 aliphatic carbocycles. The van der Waals surface area contributed by atoms with E-state index in [9.17, 15) is 0 Å². The van der Waals surface area contributed by atoms with Gasteiger partial charge in [-0.05, 0) is 18.2 Å². The zero-order valence-electron chi connectivity index (χ0n) is 7.71. The lowest BCUT2D eigenvalue weighted by Crippen LogP contribution is -2.08. The van der Waals surface area contributed by atoms with Crippen molar-refractivity contribution in [3.63, 3.8) is 0 Å². The molecule has 0 aliphatic rings. The number of nitrogens with zero attached hydrogens (tertiary/aromatic N) is 3. The molecule has 2 aromatic heterocycles. The van der Waals surface area contributed by atoms with Gasteiger partial charge in [0.2, 0.25) is 0 Å². The van der Waals surface area contributed by atoms with Crippen molar-refractivity contribution < 1.29 is 4.74 Å². The lowest BCUT2D eigenvalue weighted by Gasteiger charge is -2.04. The fourth-order valence-corrected chi connectivity index (χ4v) is 1.12. The molecule has 0 bridgehead atoms. The Labute approximate surface area is 82.2 Å². The van der Waals surface area contributed by atoms with Crippen LogP contribution in [-0.4, -0.2) is 21.4 Å². The Morgan fingerprint density at radius 3 is 3.00 bits per heavy atom. The third-order valence-electron chi connectivity index (χ3n) is 1.78. The second-order valence-electron chi connectivity index (χ2n) is 2.81. The monoisotopic (exact) mass is 189 g/mol. The Kier molecular flexibility index (Phi) is 2.76. The van der Waals surface area contributed by atoms with Crippen molar-refractivity contribution in [2.24, 2.45) is 0 Å². The number of aromatic nitrogens is 3. The fourth-order valence-electron chi connectivity index (χ4n) is 1.12. The zero-order valence-corrected chi connectivity index (χ0v) is 7.71. The van der Waals surface area contributed by atoms with E-state index >= 15 is 0 Å². The molecule has 0 saturated heterocycles. The molecule has 0 amide bonds. The van der Waals surface area contributed by atoms with Gasteiger partial charge in [0.1, 0.15) is 12.4 Å². The second kappa shape index (κ2) is 4.41. The standard InChI is InChI=1S/C10H11N3O/c1-3-10(9-11-4-1)14-8-7-13-6-2-5-12-13/h1-6,9H,7-8H2. The van der Waals surface area contributed by atoms with E-state index in [2.05, 4.69) is 10.1 Å². The fraction of sp³-hybridized carbons (Fsp3) is 0.200. The topological polar surface area (TPSA) is 39.9 Å². The second-order valence-corrected chi connectivity index (χ2v) is 2.81. The van der Waals surface area contributed by atoms with Crippen LogP contribution < -0.4 is 4.74 Å². The van der Waals surface area contributed by atoms with E-state index in [1.54, 1.807) is 18.6 Å². The van der Waals surface area contributed by atoms with Crippen molar-refractivity contribution in [1.82, 2.24) is 14.8 Å². The van der Waals surface area contributed by atoms with Crippen LogP contribution in [0.1, 0.15) is 0 Å². The van der Waals surface area contributed by atoms with E-state index in [0.29, 0.717) is 6.61 Å². The van der Waals surface area contributed by atoms with Crippen molar-refractivity contribution in [2.75, 3.05) is 6.61 Å². The van der Waals surface area contributed by atoms with Crippen molar-refractivity contribution in [3.05, 3.63) is 43.0 Å². The summed E-state index contributed by atoms with van der Waals surface area (Å²) in [6.07, 6.45) is 7.08. The van der Waals surface area contributed by atoms with Crippen LogP contribution in [0.5, 0.6) is 5.75 Å². The van der Waals surface area contributed by atoms with E-state index in [-0.39, 0.29) is 0 Å². The molecule has 4 heteroatoms. The van der Waals surface area contributed by atoms with Gasteiger partial charge in [0.25, 0.3) is 0 Å². The summed E-state index contributed by atoms with van der Waals surface area (Å²) in [6, 6.07) is 5.63. The largest absolute Gasteiger partial charge is 0.490 e. The molecule has 14 heavy (non-hydrogen) atoms. The van der Waals surface area contributed by atoms with Gasteiger partial charge in [-0.2, -0.15) is 5.10 Å². The van der Waals surface area contributed by atoms with Gasteiger partial charge >= 0.3 is 0 Å². The molecule has 0 unspecified atom stereocenters. The van der Waals surface area contributed by atoms with Crippen LogP contribution in [0.25, 0.3) is 0 Å². The van der Waals surface area contributed by atoms with E-state index in [4.69, 9.17) is 4.74 Å². The molecular formula is C10H11N3O. The van der Waals surface area contributed by atoms with Crippen LogP contribution in [0, 0.1) is 0 Å². The summed E-state index contributed by atoms with van der Waals surface area (Å²) < 4.78 is 7.29. The van der Waals surface area contributed by atoms with Crippen LogP contribution in [0.2, 0.25) is 0 Å². The highest BCUT2D eigenvalue weighted by Gasteiger charge is 1.93. The maximum atomic E-state index is 5.46. The number of pyridine rings is 1. The Hall–Kier alpha value is -1.84. The van der Waals surface area contributed by atoms with E-state index in [1.807, 2.05) is 29.1 Å². The lowest BCUT2D eigenvalue weighted by atomic mass is 10.5. The maximum absolute atomic E-state index is 5.46. The Morgan fingerprint density at radius 1 is 1.29 bits per heavy atom. The quantitative estimate of drug-likeness (QED) is 0.729. The van der Waals surface area contributed by atoms with Crippen molar-refractivity contribution >= 4 is 0 Å². The first-order valence-electron chi connectivity index (χ1n) is 4.45. The highest BCUT2D eigenvalue weighted by molar-refractivity contribution is 5.15. The highest BCUT2D eigenvalue weighted by Crippen LogP contribution is 2.05. The summed E-state index contributed by atoms with van der Waals surface area (Å²) >= 11 is 0. The van der Waals surface area contributed by atoms with Gasteiger partial charge in [-0.15, -0.1) is 0 Å². The minimum absolute atomic E-state index is 0.605. The first-order valence-corrected chi connectivity index (χ1v) is 4.45. The third kappa shape index (κ3) is 2.32. The van der Waals surface area contributed by atoms with Gasteiger partial charge in [0.05, 0.1) is 12.7 Å². The molecule has 2 heterocycles. The summed E-state index contributed by atoms with van der Waals surface area (Å²) in [7, 11) is 0. The maximum Gasteiger partial charge on any atom is 0.137 e. The van der Waals surface area contributed by atoms with E-state index < -0.39 is 0 Å². The molecule has 2 aromatic rings. The summed E-state index contributed by atoms with van der Waals surface area (Å²) in [6.45, 7) is 1.36. The first-order chi connectivity index (χ1) is 6.95. The normalized spacial score (nSPS) is 10.0. The van der Waals surface area contributed by atoms with Crippen LogP contribution >= 0.6 is 0 Å². The summed E-state index contributed by atoms with van der Waals surface area (Å²) in [4.78, 5) is 3.95. The van der Waals surface area contributed by atoms with Gasteiger partial charge < -0.3 is 4.74 Å². The third-order valence-corrected chi connectivity index (χ3v) is 1.78. The summed E-state index contributed by atoms with van der Waals surface area (Å²) in [5.74, 6) is 0.791. The molecule has 72 valence electrons. The molecule has 2 rings (SSSR count). The van der Waals surface area contributed by atoms with Crippen molar-refractivity contribution in [3.8, 4) is 5.75 Å². The average Bonchev–Trinajstić information content (AvgIpc) is 2.72. The SMILES string of the molecule is c1cncc(OCCn2cccn2)c1. The minimum Gasteiger partial charge on any atom is -0.490 e. The number of ether oxygens (including phenoxy) is 1. The van der Waals surface area contributed by atoms with E-state index in [0.717, 1.165) is 12.3 Å². The zero-order chi connectivity index (χ0) is 9.64. The van der Waals surface area contributed by atoms with Gasteiger partial charge in [-0.1, -0.05) is 0 Å². The Bertz CT molecular complexity index is 358. The minimum atomic E-state index is 0.605. The van der Waals surface area contributed by atoms with Crippen LogP contribution in [-0.2, 0) is 6.54 Å². The molecule has 0 spiro atoms. The van der Waals surface area contributed by atoms with Crippen LogP contribution in [0.3, 0.4) is 0 Å². The number of rotatable bonds is 4. The van der Waals surface area contributed by atoms with Crippen molar-refractivity contribution in [1.29, 1.82) is 0 Å². The lowest BCUT2D eigenvalue weighted by molar-refractivity contribution is 0.290. The predicted octanol–water partition coefficient (Wildman–Crippen LogP) is 1.36. The molecule has 4 nitrogen and oxygen atoms in total. The molecule has 0 saturated carbocycles. The Morgan fingerprint density at radius 2 is 2.29 bits per heavy atom. The van der Waals surface area contributed by atoms with E-state index in [1.165, 1.54) is 0 Å². The Balaban J connectivity index is 1.79. The summed E-state index contributed by atoms with van der Waals surface area (Å²) in [5, 5.41) is 4.07. The molecule has 0 radical (unpaired) electrons. The molecular weight excluding hydrogens is 178 g/mol. The first kappa shape index (κ1) is 8.74. The summed E-state index contributed by atoms with van der Waals surface area (Å²) in [5.41, 5.74) is 0. The van der Waals surface area contributed by atoms with Crippen LogP contribution in [0.15, 0.2) is 43.0 Å².